The van der Waals surface area contributed by atoms with E-state index >= 15 is 0 Å². The predicted octanol–water partition coefficient (Wildman–Crippen LogP) is 2.41. The van der Waals surface area contributed by atoms with Crippen molar-refractivity contribution >= 4 is 11.8 Å². The lowest BCUT2D eigenvalue weighted by Gasteiger charge is -2.10. The van der Waals surface area contributed by atoms with Gasteiger partial charge in [-0.2, -0.15) is 0 Å². The molecule has 1 aromatic heterocycles. The first-order chi connectivity index (χ1) is 8.25. The summed E-state index contributed by atoms with van der Waals surface area (Å²) in [6, 6.07) is 7.97. The van der Waals surface area contributed by atoms with E-state index < -0.39 is 0 Å². The van der Waals surface area contributed by atoms with Crippen molar-refractivity contribution in [3.05, 3.63) is 54.2 Å². The molecule has 0 bridgehead atoms. The first-order valence-corrected chi connectivity index (χ1v) is 6.14. The number of aromatic nitrogens is 2. The Labute approximate surface area is 103 Å². The predicted molar refractivity (Wildman–Crippen MR) is 66.1 cm³/mol. The zero-order valence-corrected chi connectivity index (χ0v) is 9.90. The third kappa shape index (κ3) is 3.51. The van der Waals surface area contributed by atoms with Crippen LogP contribution in [0.3, 0.4) is 0 Å². The van der Waals surface area contributed by atoms with Crippen molar-refractivity contribution in [3.8, 4) is 0 Å². The molecule has 17 heavy (non-hydrogen) atoms. The highest BCUT2D eigenvalue weighted by molar-refractivity contribution is 7.99. The maximum absolute atomic E-state index is 12.7. The molecule has 88 valence electrons. The average molecular weight is 249 g/mol. The SMILES string of the molecule is NC(CSc1ccncn1)c1ccc(F)cc1. The number of hydrogen-bond donors (Lipinski definition) is 1. The summed E-state index contributed by atoms with van der Waals surface area (Å²) in [6.45, 7) is 0. The van der Waals surface area contributed by atoms with Gasteiger partial charge in [0.15, 0.2) is 0 Å². The van der Waals surface area contributed by atoms with Crippen LogP contribution in [0, 0.1) is 5.82 Å². The Morgan fingerprint density at radius 2 is 2.00 bits per heavy atom. The van der Waals surface area contributed by atoms with Gasteiger partial charge in [-0.25, -0.2) is 14.4 Å². The van der Waals surface area contributed by atoms with Crippen molar-refractivity contribution in [1.29, 1.82) is 0 Å². The van der Waals surface area contributed by atoms with Gasteiger partial charge in [0.25, 0.3) is 0 Å². The van der Waals surface area contributed by atoms with E-state index in [9.17, 15) is 4.39 Å². The standard InChI is InChI=1S/C12H12FN3S/c13-10-3-1-9(2-4-10)11(14)7-17-12-5-6-15-8-16-12/h1-6,8,11H,7,14H2. The smallest absolute Gasteiger partial charge is 0.123 e. The molecule has 0 saturated heterocycles. The number of hydrogen-bond acceptors (Lipinski definition) is 4. The lowest BCUT2D eigenvalue weighted by Crippen LogP contribution is -2.12. The fourth-order valence-electron chi connectivity index (χ4n) is 1.35. The molecular formula is C12H12FN3S. The van der Waals surface area contributed by atoms with Gasteiger partial charge < -0.3 is 5.73 Å². The normalized spacial score (nSPS) is 12.4. The molecule has 5 heteroatoms. The Kier molecular flexibility index (Phi) is 4.06. The van der Waals surface area contributed by atoms with Gasteiger partial charge in [-0.3, -0.25) is 0 Å². The van der Waals surface area contributed by atoms with E-state index in [4.69, 9.17) is 5.73 Å². The monoisotopic (exact) mass is 249 g/mol. The van der Waals surface area contributed by atoms with Gasteiger partial charge in [0.2, 0.25) is 0 Å². The van der Waals surface area contributed by atoms with E-state index in [1.54, 1.807) is 30.1 Å². The van der Waals surface area contributed by atoms with Crippen LogP contribution in [-0.2, 0) is 0 Å². The molecule has 0 amide bonds. The summed E-state index contributed by atoms with van der Waals surface area (Å²) in [7, 11) is 0. The van der Waals surface area contributed by atoms with Crippen LogP contribution < -0.4 is 5.73 Å². The Morgan fingerprint density at radius 1 is 1.24 bits per heavy atom. The fourth-order valence-corrected chi connectivity index (χ4v) is 2.17. The fraction of sp³-hybridized carbons (Fsp3) is 0.167. The van der Waals surface area contributed by atoms with Crippen molar-refractivity contribution in [1.82, 2.24) is 9.97 Å². The van der Waals surface area contributed by atoms with Crippen LogP contribution in [0.4, 0.5) is 4.39 Å². The average Bonchev–Trinajstić information content (AvgIpc) is 2.38. The quantitative estimate of drug-likeness (QED) is 0.668. The van der Waals surface area contributed by atoms with E-state index in [0.29, 0.717) is 5.75 Å². The van der Waals surface area contributed by atoms with Crippen LogP contribution in [0.5, 0.6) is 0 Å². The topological polar surface area (TPSA) is 51.8 Å². The van der Waals surface area contributed by atoms with Crippen LogP contribution in [0.2, 0.25) is 0 Å². The molecular weight excluding hydrogens is 237 g/mol. The molecule has 0 aliphatic rings. The molecule has 1 atom stereocenters. The highest BCUT2D eigenvalue weighted by Gasteiger charge is 2.07. The number of benzene rings is 1. The minimum absolute atomic E-state index is 0.129. The zero-order chi connectivity index (χ0) is 12.1. The summed E-state index contributed by atoms with van der Waals surface area (Å²) < 4.78 is 12.7. The summed E-state index contributed by atoms with van der Waals surface area (Å²) in [4.78, 5) is 7.94. The minimum Gasteiger partial charge on any atom is -0.323 e. The summed E-state index contributed by atoms with van der Waals surface area (Å²) in [5.41, 5.74) is 6.93. The van der Waals surface area contributed by atoms with E-state index in [2.05, 4.69) is 9.97 Å². The Balaban J connectivity index is 1.93. The van der Waals surface area contributed by atoms with Crippen LogP contribution in [0.15, 0.2) is 47.9 Å². The molecule has 0 aliphatic carbocycles. The molecule has 0 aliphatic heterocycles. The summed E-state index contributed by atoms with van der Waals surface area (Å²) in [5, 5.41) is 0.887. The van der Waals surface area contributed by atoms with Gasteiger partial charge in [-0.05, 0) is 23.8 Å². The Bertz CT molecular complexity index is 461. The van der Waals surface area contributed by atoms with Crippen LogP contribution in [-0.4, -0.2) is 15.7 Å². The van der Waals surface area contributed by atoms with Gasteiger partial charge in [-0.1, -0.05) is 12.1 Å². The number of halogens is 1. The highest BCUT2D eigenvalue weighted by Crippen LogP contribution is 2.21. The van der Waals surface area contributed by atoms with Crippen molar-refractivity contribution in [2.45, 2.75) is 11.1 Å². The highest BCUT2D eigenvalue weighted by atomic mass is 32.2. The van der Waals surface area contributed by atoms with Crippen molar-refractivity contribution < 1.29 is 4.39 Å². The lowest BCUT2D eigenvalue weighted by molar-refractivity contribution is 0.626. The molecule has 0 spiro atoms. The van der Waals surface area contributed by atoms with Gasteiger partial charge in [0.05, 0.1) is 5.03 Å². The second-order valence-corrected chi connectivity index (χ2v) is 4.56. The molecule has 1 aromatic carbocycles. The molecule has 1 heterocycles. The molecule has 1 unspecified atom stereocenters. The summed E-state index contributed by atoms with van der Waals surface area (Å²) >= 11 is 1.56. The largest absolute Gasteiger partial charge is 0.323 e. The molecule has 2 aromatic rings. The second kappa shape index (κ2) is 5.75. The van der Waals surface area contributed by atoms with Gasteiger partial charge in [0.1, 0.15) is 12.1 Å². The first-order valence-electron chi connectivity index (χ1n) is 5.15. The zero-order valence-electron chi connectivity index (χ0n) is 9.08. The molecule has 2 rings (SSSR count). The second-order valence-electron chi connectivity index (χ2n) is 3.52. The maximum atomic E-state index is 12.7. The summed E-state index contributed by atoms with van der Waals surface area (Å²) in [6.07, 6.45) is 3.20. The van der Waals surface area contributed by atoms with Gasteiger partial charge in [0, 0.05) is 18.0 Å². The van der Waals surface area contributed by atoms with E-state index in [0.717, 1.165) is 10.6 Å². The summed E-state index contributed by atoms with van der Waals surface area (Å²) in [5.74, 6) is 0.451. The van der Waals surface area contributed by atoms with E-state index in [1.807, 2.05) is 6.07 Å². The van der Waals surface area contributed by atoms with Crippen molar-refractivity contribution in [2.75, 3.05) is 5.75 Å². The van der Waals surface area contributed by atoms with Crippen LogP contribution in [0.1, 0.15) is 11.6 Å². The van der Waals surface area contributed by atoms with Crippen molar-refractivity contribution in [2.24, 2.45) is 5.73 Å². The maximum Gasteiger partial charge on any atom is 0.123 e. The first kappa shape index (κ1) is 12.0. The number of thioether (sulfide) groups is 1. The van der Waals surface area contributed by atoms with Gasteiger partial charge in [-0.15, -0.1) is 11.8 Å². The van der Waals surface area contributed by atoms with Gasteiger partial charge >= 0.3 is 0 Å². The lowest BCUT2D eigenvalue weighted by atomic mass is 10.1. The third-order valence-electron chi connectivity index (χ3n) is 2.26. The molecule has 2 N–H and O–H groups in total. The third-order valence-corrected chi connectivity index (χ3v) is 3.33. The van der Waals surface area contributed by atoms with Crippen LogP contribution >= 0.6 is 11.8 Å². The minimum atomic E-state index is -0.246. The van der Waals surface area contributed by atoms with Crippen molar-refractivity contribution in [3.63, 3.8) is 0 Å². The number of rotatable bonds is 4. The number of nitrogens with zero attached hydrogens (tertiary/aromatic N) is 2. The molecule has 0 saturated carbocycles. The molecule has 0 fully saturated rings. The molecule has 0 radical (unpaired) electrons. The van der Waals surface area contributed by atoms with E-state index in [1.165, 1.54) is 18.5 Å². The number of nitrogens with two attached hydrogens (primary N) is 1. The Hall–Kier alpha value is -1.46. The Morgan fingerprint density at radius 3 is 2.65 bits per heavy atom. The molecule has 3 nitrogen and oxygen atoms in total. The van der Waals surface area contributed by atoms with Crippen LogP contribution in [0.25, 0.3) is 0 Å². The van der Waals surface area contributed by atoms with E-state index in [-0.39, 0.29) is 11.9 Å².